The minimum absolute atomic E-state index is 0.00338. The standard InChI is InChI=1S/C17H25N3O3/c1-12-4-3-5-13(8-12)23-10-16(21)20-7-6-14-15(9-20)18-11-19(2)17(14)22/h11-13H,3-10H2,1-2H3/t12-,13+/m0/s1. The van der Waals surface area contributed by atoms with Gasteiger partial charge in [-0.25, -0.2) is 4.98 Å². The molecule has 0 unspecified atom stereocenters. The molecule has 0 radical (unpaired) electrons. The summed E-state index contributed by atoms with van der Waals surface area (Å²) in [7, 11) is 1.70. The van der Waals surface area contributed by atoms with Crippen LogP contribution in [0.3, 0.4) is 0 Å². The highest BCUT2D eigenvalue weighted by Gasteiger charge is 2.25. The van der Waals surface area contributed by atoms with Crippen LogP contribution in [0.25, 0.3) is 0 Å². The summed E-state index contributed by atoms with van der Waals surface area (Å²) >= 11 is 0. The molecule has 0 N–H and O–H groups in total. The number of rotatable bonds is 3. The van der Waals surface area contributed by atoms with Crippen molar-refractivity contribution in [2.24, 2.45) is 13.0 Å². The predicted octanol–water partition coefficient (Wildman–Crippen LogP) is 1.26. The van der Waals surface area contributed by atoms with Crippen molar-refractivity contribution in [3.8, 4) is 0 Å². The first-order chi connectivity index (χ1) is 11.0. The van der Waals surface area contributed by atoms with Crippen molar-refractivity contribution in [2.45, 2.75) is 51.7 Å². The average molecular weight is 319 g/mol. The molecule has 2 atom stereocenters. The van der Waals surface area contributed by atoms with Gasteiger partial charge in [-0.2, -0.15) is 0 Å². The Labute approximate surface area is 136 Å². The molecule has 6 heteroatoms. The first-order valence-electron chi connectivity index (χ1n) is 8.47. The number of hydrogen-bond acceptors (Lipinski definition) is 4. The Morgan fingerprint density at radius 2 is 2.26 bits per heavy atom. The van der Waals surface area contributed by atoms with Crippen LogP contribution in [0.5, 0.6) is 0 Å². The number of fused-ring (bicyclic) bond motifs is 1. The lowest BCUT2D eigenvalue weighted by Gasteiger charge is -2.30. The van der Waals surface area contributed by atoms with Gasteiger partial charge in [-0.15, -0.1) is 0 Å². The molecule has 126 valence electrons. The summed E-state index contributed by atoms with van der Waals surface area (Å²) in [5.41, 5.74) is 1.45. The summed E-state index contributed by atoms with van der Waals surface area (Å²) in [4.78, 5) is 30.5. The molecule has 1 saturated carbocycles. The van der Waals surface area contributed by atoms with Gasteiger partial charge in [-0.05, 0) is 25.2 Å². The number of aromatic nitrogens is 2. The maximum Gasteiger partial charge on any atom is 0.256 e. The van der Waals surface area contributed by atoms with E-state index >= 15 is 0 Å². The quantitative estimate of drug-likeness (QED) is 0.841. The first kappa shape index (κ1) is 16.2. The van der Waals surface area contributed by atoms with E-state index in [2.05, 4.69) is 11.9 Å². The van der Waals surface area contributed by atoms with Crippen LogP contribution in [0.2, 0.25) is 0 Å². The number of ether oxygens (including phenoxy) is 1. The number of hydrogen-bond donors (Lipinski definition) is 0. The number of amides is 1. The summed E-state index contributed by atoms with van der Waals surface area (Å²) in [6.07, 6.45) is 6.86. The molecule has 2 aliphatic rings. The van der Waals surface area contributed by atoms with Crippen molar-refractivity contribution in [3.05, 3.63) is 27.9 Å². The molecule has 0 bridgehead atoms. The van der Waals surface area contributed by atoms with Crippen LogP contribution < -0.4 is 5.56 Å². The minimum Gasteiger partial charge on any atom is -0.368 e. The Hall–Kier alpha value is -1.69. The fraction of sp³-hybridized carbons (Fsp3) is 0.706. The van der Waals surface area contributed by atoms with Crippen molar-refractivity contribution in [3.63, 3.8) is 0 Å². The van der Waals surface area contributed by atoms with E-state index in [1.54, 1.807) is 11.9 Å². The van der Waals surface area contributed by atoms with Crippen molar-refractivity contribution >= 4 is 5.91 Å². The molecule has 3 rings (SSSR count). The van der Waals surface area contributed by atoms with Crippen LogP contribution in [-0.4, -0.2) is 39.6 Å². The van der Waals surface area contributed by atoms with Gasteiger partial charge in [0.05, 0.1) is 24.7 Å². The van der Waals surface area contributed by atoms with Crippen LogP contribution in [0.15, 0.2) is 11.1 Å². The largest absolute Gasteiger partial charge is 0.368 e. The lowest BCUT2D eigenvalue weighted by atomic mass is 9.89. The van der Waals surface area contributed by atoms with E-state index in [4.69, 9.17) is 4.74 Å². The van der Waals surface area contributed by atoms with E-state index in [-0.39, 0.29) is 24.2 Å². The average Bonchev–Trinajstić information content (AvgIpc) is 2.56. The van der Waals surface area contributed by atoms with E-state index < -0.39 is 0 Å². The van der Waals surface area contributed by atoms with Crippen LogP contribution >= 0.6 is 0 Å². The van der Waals surface area contributed by atoms with Crippen LogP contribution in [-0.2, 0) is 29.5 Å². The molecular formula is C17H25N3O3. The normalized spacial score (nSPS) is 24.3. The maximum atomic E-state index is 12.4. The molecule has 0 saturated heterocycles. The van der Waals surface area contributed by atoms with E-state index in [9.17, 15) is 9.59 Å². The number of carbonyl (C=O) groups excluding carboxylic acids is 1. The third kappa shape index (κ3) is 3.63. The van der Waals surface area contributed by atoms with Gasteiger partial charge >= 0.3 is 0 Å². The molecule has 1 fully saturated rings. The zero-order chi connectivity index (χ0) is 16.4. The van der Waals surface area contributed by atoms with E-state index in [0.29, 0.717) is 25.4 Å². The van der Waals surface area contributed by atoms with Gasteiger partial charge in [0, 0.05) is 19.2 Å². The van der Waals surface area contributed by atoms with Gasteiger partial charge in [0.25, 0.3) is 5.56 Å². The van der Waals surface area contributed by atoms with Crippen LogP contribution in [0, 0.1) is 5.92 Å². The summed E-state index contributed by atoms with van der Waals surface area (Å²) < 4.78 is 7.31. The van der Waals surface area contributed by atoms with Gasteiger partial charge < -0.3 is 14.2 Å². The highest BCUT2D eigenvalue weighted by atomic mass is 16.5. The van der Waals surface area contributed by atoms with Crippen molar-refractivity contribution in [2.75, 3.05) is 13.2 Å². The molecule has 1 amide bonds. The van der Waals surface area contributed by atoms with Gasteiger partial charge in [-0.3, -0.25) is 9.59 Å². The Balaban J connectivity index is 1.57. The smallest absolute Gasteiger partial charge is 0.256 e. The molecule has 2 heterocycles. The summed E-state index contributed by atoms with van der Waals surface area (Å²) in [6, 6.07) is 0. The second kappa shape index (κ2) is 6.83. The van der Waals surface area contributed by atoms with Crippen LogP contribution in [0.1, 0.15) is 43.9 Å². The van der Waals surface area contributed by atoms with Crippen molar-refractivity contribution < 1.29 is 9.53 Å². The van der Waals surface area contributed by atoms with Gasteiger partial charge in [-0.1, -0.05) is 19.8 Å². The molecule has 1 aliphatic heterocycles. The molecule has 0 spiro atoms. The predicted molar refractivity (Wildman–Crippen MR) is 86.0 cm³/mol. The lowest BCUT2D eigenvalue weighted by Crippen LogP contribution is -2.42. The minimum atomic E-state index is -0.00505. The Bertz CT molecular complexity index is 640. The number of nitrogens with zero attached hydrogens (tertiary/aromatic N) is 3. The Morgan fingerprint density at radius 1 is 1.43 bits per heavy atom. The first-order valence-corrected chi connectivity index (χ1v) is 8.47. The number of carbonyl (C=O) groups is 1. The Kier molecular flexibility index (Phi) is 4.80. The second-order valence-electron chi connectivity index (χ2n) is 6.86. The molecular weight excluding hydrogens is 294 g/mol. The third-order valence-corrected chi connectivity index (χ3v) is 4.97. The topological polar surface area (TPSA) is 64.4 Å². The molecule has 0 aromatic carbocycles. The number of aryl methyl sites for hydroxylation is 1. The van der Waals surface area contributed by atoms with Gasteiger partial charge in [0.1, 0.15) is 6.61 Å². The summed E-state index contributed by atoms with van der Waals surface area (Å²) in [5.74, 6) is 0.683. The van der Waals surface area contributed by atoms with Crippen molar-refractivity contribution in [1.82, 2.24) is 14.5 Å². The highest BCUT2D eigenvalue weighted by Crippen LogP contribution is 2.25. The van der Waals surface area contributed by atoms with E-state index in [0.717, 1.165) is 24.1 Å². The zero-order valence-electron chi connectivity index (χ0n) is 14.0. The second-order valence-corrected chi connectivity index (χ2v) is 6.86. The fourth-order valence-corrected chi connectivity index (χ4v) is 3.54. The van der Waals surface area contributed by atoms with Crippen molar-refractivity contribution in [1.29, 1.82) is 0 Å². The van der Waals surface area contributed by atoms with Gasteiger partial charge in [0.2, 0.25) is 5.91 Å². The maximum absolute atomic E-state index is 12.4. The highest BCUT2D eigenvalue weighted by molar-refractivity contribution is 5.77. The third-order valence-electron chi connectivity index (χ3n) is 4.97. The zero-order valence-corrected chi connectivity index (χ0v) is 14.0. The van der Waals surface area contributed by atoms with Gasteiger partial charge in [0.15, 0.2) is 0 Å². The SMILES string of the molecule is C[C@H]1CCC[C@@H](OCC(=O)N2CCc3c(ncn(C)c3=O)C2)C1. The Morgan fingerprint density at radius 3 is 3.04 bits per heavy atom. The molecule has 6 nitrogen and oxygen atoms in total. The van der Waals surface area contributed by atoms with Crippen LogP contribution in [0.4, 0.5) is 0 Å². The summed E-state index contributed by atoms with van der Waals surface area (Å²) in [6.45, 7) is 3.36. The summed E-state index contributed by atoms with van der Waals surface area (Å²) in [5, 5.41) is 0. The molecule has 1 aromatic heterocycles. The monoisotopic (exact) mass is 319 g/mol. The van der Waals surface area contributed by atoms with E-state index in [1.807, 2.05) is 0 Å². The lowest BCUT2D eigenvalue weighted by molar-refractivity contribution is -0.140. The molecule has 23 heavy (non-hydrogen) atoms. The fourth-order valence-electron chi connectivity index (χ4n) is 3.54. The molecule has 1 aliphatic carbocycles. The van der Waals surface area contributed by atoms with E-state index in [1.165, 1.54) is 23.7 Å². The molecule has 1 aromatic rings.